The van der Waals surface area contributed by atoms with Gasteiger partial charge in [0.05, 0.1) is 10.5 Å². The molecule has 2 aromatic carbocycles. The van der Waals surface area contributed by atoms with E-state index in [1.54, 1.807) is 6.92 Å². The molecule has 0 aliphatic heterocycles. The highest BCUT2D eigenvalue weighted by Crippen LogP contribution is 2.33. The predicted molar refractivity (Wildman–Crippen MR) is 92.1 cm³/mol. The van der Waals surface area contributed by atoms with Gasteiger partial charge < -0.3 is 5.32 Å². The van der Waals surface area contributed by atoms with E-state index in [0.717, 1.165) is 12.1 Å². The summed E-state index contributed by atoms with van der Waals surface area (Å²) in [5.74, 6) is 0. The Labute approximate surface area is 144 Å². The molecule has 2 aromatic rings. The van der Waals surface area contributed by atoms with E-state index >= 15 is 0 Å². The number of benzene rings is 2. The van der Waals surface area contributed by atoms with Crippen LogP contribution < -0.4 is 10.0 Å². The summed E-state index contributed by atoms with van der Waals surface area (Å²) in [6.45, 7) is 5.48. The number of hydrogen-bond donors (Lipinski definition) is 2. The zero-order valence-corrected chi connectivity index (χ0v) is 14.4. The van der Waals surface area contributed by atoms with Gasteiger partial charge >= 0.3 is 6.18 Å². The molecule has 0 amide bonds. The van der Waals surface area contributed by atoms with Crippen LogP contribution in [0, 0.1) is 0 Å². The Kier molecular flexibility index (Phi) is 5.24. The van der Waals surface area contributed by atoms with Crippen LogP contribution in [0.25, 0.3) is 5.57 Å². The van der Waals surface area contributed by atoms with E-state index in [4.69, 9.17) is 0 Å². The maximum absolute atomic E-state index is 12.8. The Morgan fingerprint density at radius 1 is 1.12 bits per heavy atom. The van der Waals surface area contributed by atoms with E-state index in [1.807, 2.05) is 0 Å². The van der Waals surface area contributed by atoms with Gasteiger partial charge in [-0.05, 0) is 55.9 Å². The SMILES string of the molecule is C=C(C)c1cc(S(=O)(=O)NC)ccc1Nc1cccc(C(F)(F)F)c1. The van der Waals surface area contributed by atoms with E-state index in [-0.39, 0.29) is 10.6 Å². The Bertz CT molecular complexity index is 906. The van der Waals surface area contributed by atoms with Gasteiger partial charge in [0.15, 0.2) is 0 Å². The van der Waals surface area contributed by atoms with Gasteiger partial charge in [0.25, 0.3) is 0 Å². The van der Waals surface area contributed by atoms with Crippen LogP contribution in [-0.4, -0.2) is 15.5 Å². The van der Waals surface area contributed by atoms with E-state index in [2.05, 4.69) is 16.6 Å². The van der Waals surface area contributed by atoms with Crippen molar-refractivity contribution in [1.29, 1.82) is 0 Å². The highest BCUT2D eigenvalue weighted by atomic mass is 32.2. The first-order chi connectivity index (χ1) is 11.5. The summed E-state index contributed by atoms with van der Waals surface area (Å²) in [7, 11) is -2.34. The minimum Gasteiger partial charge on any atom is -0.355 e. The van der Waals surface area contributed by atoms with Crippen molar-refractivity contribution in [2.24, 2.45) is 0 Å². The quantitative estimate of drug-likeness (QED) is 0.821. The highest BCUT2D eigenvalue weighted by molar-refractivity contribution is 7.89. The molecule has 134 valence electrons. The summed E-state index contributed by atoms with van der Waals surface area (Å²) in [6, 6.07) is 9.04. The number of sulfonamides is 1. The Hall–Kier alpha value is -2.32. The van der Waals surface area contributed by atoms with Crippen LogP contribution in [0.15, 0.2) is 53.9 Å². The van der Waals surface area contributed by atoms with Crippen LogP contribution in [0.3, 0.4) is 0 Å². The molecule has 0 unspecified atom stereocenters. The van der Waals surface area contributed by atoms with Gasteiger partial charge in [-0.15, -0.1) is 0 Å². The summed E-state index contributed by atoms with van der Waals surface area (Å²) in [4.78, 5) is 0.0441. The van der Waals surface area contributed by atoms with Crippen molar-refractivity contribution in [3.05, 3.63) is 60.2 Å². The lowest BCUT2D eigenvalue weighted by molar-refractivity contribution is -0.137. The van der Waals surface area contributed by atoms with Gasteiger partial charge in [0, 0.05) is 16.9 Å². The molecule has 2 rings (SSSR count). The van der Waals surface area contributed by atoms with Crippen molar-refractivity contribution in [3.8, 4) is 0 Å². The molecular weight excluding hydrogens is 353 g/mol. The third kappa shape index (κ3) is 4.40. The van der Waals surface area contributed by atoms with Crippen LogP contribution in [0.1, 0.15) is 18.1 Å². The second kappa shape index (κ2) is 6.89. The molecule has 2 N–H and O–H groups in total. The van der Waals surface area contributed by atoms with Crippen molar-refractivity contribution < 1.29 is 21.6 Å². The highest BCUT2D eigenvalue weighted by Gasteiger charge is 2.30. The number of rotatable bonds is 5. The second-order valence-corrected chi connectivity index (χ2v) is 7.29. The first-order valence-corrected chi connectivity index (χ1v) is 8.70. The van der Waals surface area contributed by atoms with Gasteiger partial charge in [-0.1, -0.05) is 12.6 Å². The van der Waals surface area contributed by atoms with Gasteiger partial charge in [0.1, 0.15) is 0 Å². The van der Waals surface area contributed by atoms with Gasteiger partial charge in [-0.25, -0.2) is 13.1 Å². The molecule has 8 heteroatoms. The third-order valence-electron chi connectivity index (χ3n) is 3.50. The second-order valence-electron chi connectivity index (χ2n) is 5.40. The number of anilines is 2. The fraction of sp³-hybridized carbons (Fsp3) is 0.176. The molecule has 0 atom stereocenters. The zero-order valence-electron chi connectivity index (χ0n) is 13.6. The van der Waals surface area contributed by atoms with Crippen molar-refractivity contribution in [3.63, 3.8) is 0 Å². The molecule has 0 aromatic heterocycles. The average Bonchev–Trinajstić information content (AvgIpc) is 2.54. The van der Waals surface area contributed by atoms with E-state index < -0.39 is 21.8 Å². The Balaban J connectivity index is 2.45. The number of nitrogens with one attached hydrogen (secondary N) is 2. The molecule has 4 nitrogen and oxygen atoms in total. The summed E-state index contributed by atoms with van der Waals surface area (Å²) >= 11 is 0. The fourth-order valence-electron chi connectivity index (χ4n) is 2.20. The molecule has 0 saturated heterocycles. The van der Waals surface area contributed by atoms with Crippen LogP contribution in [0.4, 0.5) is 24.5 Å². The molecule has 0 spiro atoms. The first kappa shape index (κ1) is 19.0. The average molecular weight is 370 g/mol. The molecule has 0 aliphatic rings. The largest absolute Gasteiger partial charge is 0.416 e. The van der Waals surface area contributed by atoms with Crippen molar-refractivity contribution in [2.75, 3.05) is 12.4 Å². The van der Waals surface area contributed by atoms with E-state index in [1.165, 1.54) is 37.4 Å². The molecular formula is C17H17F3N2O2S. The lowest BCUT2D eigenvalue weighted by Gasteiger charge is -2.15. The number of hydrogen-bond acceptors (Lipinski definition) is 3. The van der Waals surface area contributed by atoms with Gasteiger partial charge in [0.2, 0.25) is 10.0 Å². The molecule has 0 aliphatic carbocycles. The summed E-state index contributed by atoms with van der Waals surface area (Å²) < 4.78 is 64.5. The lowest BCUT2D eigenvalue weighted by atomic mass is 10.1. The minimum atomic E-state index is -4.44. The van der Waals surface area contributed by atoms with Crippen molar-refractivity contribution in [2.45, 2.75) is 18.0 Å². The fourth-order valence-corrected chi connectivity index (χ4v) is 2.96. The maximum Gasteiger partial charge on any atom is 0.416 e. The number of halogens is 3. The minimum absolute atomic E-state index is 0.0441. The van der Waals surface area contributed by atoms with Crippen molar-refractivity contribution >= 4 is 27.0 Å². The monoisotopic (exact) mass is 370 g/mol. The van der Waals surface area contributed by atoms with Gasteiger partial charge in [-0.3, -0.25) is 0 Å². The predicted octanol–water partition coefficient (Wildman–Crippen LogP) is 4.39. The Morgan fingerprint density at radius 3 is 2.36 bits per heavy atom. The standard InChI is InChI=1S/C17H17F3N2O2S/c1-11(2)15-10-14(25(23,24)21-3)7-8-16(15)22-13-6-4-5-12(9-13)17(18,19)20/h4-10,21-22H,1H2,2-3H3. The van der Waals surface area contributed by atoms with Crippen LogP contribution >= 0.6 is 0 Å². The molecule has 0 bridgehead atoms. The summed E-state index contributed by atoms with van der Waals surface area (Å²) in [5.41, 5.74) is 0.989. The summed E-state index contributed by atoms with van der Waals surface area (Å²) in [5, 5.41) is 2.89. The molecule has 0 heterocycles. The normalized spacial score (nSPS) is 12.0. The summed E-state index contributed by atoms with van der Waals surface area (Å²) in [6.07, 6.45) is -4.44. The topological polar surface area (TPSA) is 58.2 Å². The number of alkyl halides is 3. The number of allylic oxidation sites excluding steroid dienone is 1. The third-order valence-corrected chi connectivity index (χ3v) is 4.91. The smallest absolute Gasteiger partial charge is 0.355 e. The van der Waals surface area contributed by atoms with Crippen LogP contribution in [0.5, 0.6) is 0 Å². The zero-order chi connectivity index (χ0) is 18.8. The molecule has 0 radical (unpaired) electrons. The lowest BCUT2D eigenvalue weighted by Crippen LogP contribution is -2.18. The van der Waals surface area contributed by atoms with Crippen LogP contribution in [-0.2, 0) is 16.2 Å². The molecule has 0 saturated carbocycles. The van der Waals surface area contributed by atoms with Gasteiger partial charge in [-0.2, -0.15) is 13.2 Å². The van der Waals surface area contributed by atoms with Crippen molar-refractivity contribution in [1.82, 2.24) is 4.72 Å². The maximum atomic E-state index is 12.8. The molecule has 0 fully saturated rings. The first-order valence-electron chi connectivity index (χ1n) is 7.22. The Morgan fingerprint density at radius 2 is 1.80 bits per heavy atom. The van der Waals surface area contributed by atoms with E-state index in [0.29, 0.717) is 16.8 Å². The van der Waals surface area contributed by atoms with Crippen LogP contribution in [0.2, 0.25) is 0 Å². The molecule has 25 heavy (non-hydrogen) atoms. The van der Waals surface area contributed by atoms with E-state index in [9.17, 15) is 21.6 Å².